The molecule has 3 amide bonds. The first-order chi connectivity index (χ1) is 19.9. The summed E-state index contributed by atoms with van der Waals surface area (Å²) in [6, 6.07) is 11.3. The van der Waals surface area contributed by atoms with E-state index < -0.39 is 59.8 Å². The second-order valence-electron chi connectivity index (χ2n) is 12.7. The van der Waals surface area contributed by atoms with Crippen LogP contribution in [0.4, 0.5) is 4.79 Å². The van der Waals surface area contributed by atoms with Gasteiger partial charge in [0.15, 0.2) is 0 Å². The predicted octanol–water partition coefficient (Wildman–Crippen LogP) is 4.15. The Kier molecular flexibility index (Phi) is 12.3. The number of benzene rings is 2. The molecule has 10 nitrogen and oxygen atoms in total. The SMILES string of the molecule is Cc1ccc(C)c(C(C(=O)NC(Cc2ccccc2)C(=O)OC(C)(C)C)N(CCO)C(=O)C(C)NC(=O)OC(C)(C)C)c1. The van der Waals surface area contributed by atoms with Gasteiger partial charge in [-0.1, -0.05) is 54.1 Å². The first kappa shape index (κ1) is 35.3. The van der Waals surface area contributed by atoms with Gasteiger partial charge < -0.3 is 30.1 Å². The second kappa shape index (κ2) is 15.0. The van der Waals surface area contributed by atoms with Gasteiger partial charge in [0.2, 0.25) is 11.8 Å². The summed E-state index contributed by atoms with van der Waals surface area (Å²) in [4.78, 5) is 55.0. The Hall–Kier alpha value is -3.92. The monoisotopic (exact) mass is 597 g/mol. The van der Waals surface area contributed by atoms with Crippen LogP contribution in [0.1, 0.15) is 76.8 Å². The van der Waals surface area contributed by atoms with Gasteiger partial charge in [-0.05, 0) is 79.0 Å². The van der Waals surface area contributed by atoms with Gasteiger partial charge in [-0.25, -0.2) is 9.59 Å². The fourth-order valence-electron chi connectivity index (χ4n) is 4.44. The number of hydrogen-bond donors (Lipinski definition) is 3. The zero-order chi connectivity index (χ0) is 32.5. The van der Waals surface area contributed by atoms with Crippen LogP contribution >= 0.6 is 0 Å². The number of aliphatic hydroxyl groups is 1. The van der Waals surface area contributed by atoms with Crippen LogP contribution in [0.5, 0.6) is 0 Å². The van der Waals surface area contributed by atoms with Crippen molar-refractivity contribution >= 4 is 23.9 Å². The molecule has 0 fully saturated rings. The first-order valence-corrected chi connectivity index (χ1v) is 14.5. The maximum absolute atomic E-state index is 14.2. The number of nitrogens with one attached hydrogen (secondary N) is 2. The summed E-state index contributed by atoms with van der Waals surface area (Å²) in [7, 11) is 0. The van der Waals surface area contributed by atoms with E-state index in [1.54, 1.807) is 47.6 Å². The fraction of sp³-hybridized carbons (Fsp3) is 0.515. The molecule has 43 heavy (non-hydrogen) atoms. The van der Waals surface area contributed by atoms with Crippen molar-refractivity contribution in [2.24, 2.45) is 0 Å². The maximum Gasteiger partial charge on any atom is 0.408 e. The molecule has 0 radical (unpaired) electrons. The summed E-state index contributed by atoms with van der Waals surface area (Å²) < 4.78 is 10.9. The Morgan fingerprint density at radius 2 is 1.49 bits per heavy atom. The molecule has 10 heteroatoms. The molecular weight excluding hydrogens is 550 g/mol. The Bertz CT molecular complexity index is 1270. The van der Waals surface area contributed by atoms with Crippen LogP contribution in [0.15, 0.2) is 48.5 Å². The van der Waals surface area contributed by atoms with Crippen LogP contribution in [-0.4, -0.2) is 70.3 Å². The van der Waals surface area contributed by atoms with Crippen molar-refractivity contribution in [1.82, 2.24) is 15.5 Å². The smallest absolute Gasteiger partial charge is 0.408 e. The van der Waals surface area contributed by atoms with Gasteiger partial charge in [-0.15, -0.1) is 0 Å². The van der Waals surface area contributed by atoms with E-state index in [1.807, 2.05) is 56.3 Å². The molecule has 236 valence electrons. The van der Waals surface area contributed by atoms with Gasteiger partial charge in [0.05, 0.1) is 6.61 Å². The molecule has 0 aliphatic heterocycles. The highest BCUT2D eigenvalue weighted by Gasteiger charge is 2.37. The van der Waals surface area contributed by atoms with Crippen LogP contribution in [0.2, 0.25) is 0 Å². The third-order valence-corrected chi connectivity index (χ3v) is 6.31. The number of aliphatic hydroxyl groups excluding tert-OH is 1. The Labute approximate surface area is 255 Å². The average molecular weight is 598 g/mol. The molecule has 0 aliphatic carbocycles. The number of rotatable bonds is 11. The van der Waals surface area contributed by atoms with Crippen molar-refractivity contribution in [1.29, 1.82) is 0 Å². The number of carbonyl (C=O) groups excluding carboxylic acids is 4. The second-order valence-corrected chi connectivity index (χ2v) is 12.7. The molecule has 0 spiro atoms. The molecule has 0 saturated heterocycles. The minimum atomic E-state index is -1.23. The largest absolute Gasteiger partial charge is 0.458 e. The topological polar surface area (TPSA) is 134 Å². The normalized spacial score (nSPS) is 13.7. The van der Waals surface area contributed by atoms with Crippen LogP contribution in [-0.2, 0) is 30.3 Å². The van der Waals surface area contributed by atoms with E-state index in [0.717, 1.165) is 16.7 Å². The van der Waals surface area contributed by atoms with Gasteiger partial charge in [-0.3, -0.25) is 9.59 Å². The van der Waals surface area contributed by atoms with Crippen molar-refractivity contribution in [3.63, 3.8) is 0 Å². The highest BCUT2D eigenvalue weighted by Crippen LogP contribution is 2.27. The van der Waals surface area contributed by atoms with Crippen LogP contribution < -0.4 is 10.6 Å². The zero-order valence-corrected chi connectivity index (χ0v) is 26.8. The molecule has 2 aromatic carbocycles. The van der Waals surface area contributed by atoms with Crippen LogP contribution in [0, 0.1) is 13.8 Å². The van der Waals surface area contributed by atoms with Crippen molar-refractivity contribution in [3.8, 4) is 0 Å². The van der Waals surface area contributed by atoms with Crippen molar-refractivity contribution < 1.29 is 33.8 Å². The van der Waals surface area contributed by atoms with E-state index >= 15 is 0 Å². The molecule has 0 bridgehead atoms. The Morgan fingerprint density at radius 1 is 0.884 bits per heavy atom. The molecule has 2 rings (SSSR count). The van der Waals surface area contributed by atoms with Gasteiger partial charge in [0.25, 0.3) is 0 Å². The summed E-state index contributed by atoms with van der Waals surface area (Å²) in [5, 5.41) is 15.3. The molecule has 3 unspecified atom stereocenters. The third-order valence-electron chi connectivity index (χ3n) is 6.31. The van der Waals surface area contributed by atoms with Crippen molar-refractivity contribution in [3.05, 3.63) is 70.8 Å². The lowest BCUT2D eigenvalue weighted by Crippen LogP contribution is -2.55. The Balaban J connectivity index is 2.54. The van der Waals surface area contributed by atoms with E-state index in [2.05, 4.69) is 10.6 Å². The standard InChI is InChI=1S/C33H47N3O7/c1-21-15-16-22(2)25(19-21)27(36(17-18-37)29(39)23(3)34-31(41)43-33(7,8)9)28(38)35-26(30(40)42-32(4,5)6)20-24-13-11-10-12-14-24/h10-16,19,23,26-27,37H,17-18,20H2,1-9H3,(H,34,41)(H,35,38). The number of hydrogen-bond acceptors (Lipinski definition) is 7. The molecule has 0 saturated carbocycles. The number of ether oxygens (including phenoxy) is 2. The van der Waals surface area contributed by atoms with Crippen molar-refractivity contribution in [2.75, 3.05) is 13.2 Å². The maximum atomic E-state index is 14.2. The number of carbonyl (C=O) groups is 4. The number of esters is 1. The lowest BCUT2D eigenvalue weighted by molar-refractivity contribution is -0.159. The number of nitrogens with zero attached hydrogens (tertiary/aromatic N) is 1. The molecular formula is C33H47N3O7. The lowest BCUT2D eigenvalue weighted by atomic mass is 9.95. The summed E-state index contributed by atoms with van der Waals surface area (Å²) >= 11 is 0. The van der Waals surface area contributed by atoms with E-state index in [-0.39, 0.29) is 13.0 Å². The van der Waals surface area contributed by atoms with Crippen molar-refractivity contribution in [2.45, 2.75) is 98.1 Å². The lowest BCUT2D eigenvalue weighted by Gasteiger charge is -2.35. The van der Waals surface area contributed by atoms with Gasteiger partial charge in [0, 0.05) is 13.0 Å². The average Bonchev–Trinajstić information content (AvgIpc) is 2.88. The highest BCUT2D eigenvalue weighted by atomic mass is 16.6. The van der Waals surface area contributed by atoms with E-state index in [4.69, 9.17) is 9.47 Å². The van der Waals surface area contributed by atoms with Gasteiger partial charge >= 0.3 is 12.1 Å². The van der Waals surface area contributed by atoms with E-state index in [1.165, 1.54) is 11.8 Å². The van der Waals surface area contributed by atoms with E-state index in [9.17, 15) is 24.3 Å². The Morgan fingerprint density at radius 3 is 2.05 bits per heavy atom. The third kappa shape index (κ3) is 11.4. The summed E-state index contributed by atoms with van der Waals surface area (Å²) in [5.41, 5.74) is 1.32. The van der Waals surface area contributed by atoms with Crippen LogP contribution in [0.3, 0.4) is 0 Å². The van der Waals surface area contributed by atoms with Gasteiger partial charge in [-0.2, -0.15) is 0 Å². The molecule has 3 N–H and O–H groups in total. The highest BCUT2D eigenvalue weighted by molar-refractivity contribution is 5.94. The number of aryl methyl sites for hydroxylation is 2. The quantitative estimate of drug-likeness (QED) is 0.331. The minimum absolute atomic E-state index is 0.158. The van der Waals surface area contributed by atoms with E-state index in [0.29, 0.717) is 5.56 Å². The molecule has 0 heterocycles. The minimum Gasteiger partial charge on any atom is -0.458 e. The summed E-state index contributed by atoms with van der Waals surface area (Å²) in [6.45, 7) is 14.8. The predicted molar refractivity (Wildman–Crippen MR) is 164 cm³/mol. The molecule has 3 atom stereocenters. The summed E-state index contributed by atoms with van der Waals surface area (Å²) in [5.74, 6) is -1.87. The summed E-state index contributed by atoms with van der Waals surface area (Å²) in [6.07, 6.45) is -0.635. The molecule has 2 aromatic rings. The number of alkyl carbamates (subject to hydrolysis) is 1. The molecule has 0 aromatic heterocycles. The van der Waals surface area contributed by atoms with Gasteiger partial charge in [0.1, 0.15) is 29.3 Å². The molecule has 0 aliphatic rings. The first-order valence-electron chi connectivity index (χ1n) is 14.5. The fourth-order valence-corrected chi connectivity index (χ4v) is 4.44. The number of amides is 3. The zero-order valence-electron chi connectivity index (χ0n) is 26.8. The van der Waals surface area contributed by atoms with Crippen LogP contribution in [0.25, 0.3) is 0 Å².